The van der Waals surface area contributed by atoms with Crippen LogP contribution in [0, 0.1) is 0 Å². The number of aromatic nitrogens is 1. The molecule has 0 unspecified atom stereocenters. The second-order valence-corrected chi connectivity index (χ2v) is 7.00. The molecule has 0 saturated carbocycles. The fraction of sp³-hybridized carbons (Fsp3) is 0.545. The largest absolute Gasteiger partial charge is 0.497 e. The van der Waals surface area contributed by atoms with Crippen LogP contribution in [0.3, 0.4) is 0 Å². The van der Waals surface area contributed by atoms with E-state index in [2.05, 4.69) is 46.9 Å². The topological polar surface area (TPSA) is 46.9 Å². The molecule has 1 atom stereocenters. The Balaban J connectivity index is 2.04. The summed E-state index contributed by atoms with van der Waals surface area (Å²) >= 11 is 0. The second kappa shape index (κ2) is 11.8. The molecule has 2 aromatic rings. The zero-order valence-electron chi connectivity index (χ0n) is 16.9. The Morgan fingerprint density at radius 2 is 2.04 bits per heavy atom. The lowest BCUT2D eigenvalue weighted by atomic mass is 10.2. The van der Waals surface area contributed by atoms with Crippen molar-refractivity contribution in [3.63, 3.8) is 0 Å². The average Bonchev–Trinajstić information content (AvgIpc) is 3.08. The average molecular weight is 375 g/mol. The van der Waals surface area contributed by atoms with E-state index in [0.717, 1.165) is 51.3 Å². The van der Waals surface area contributed by atoms with Gasteiger partial charge >= 0.3 is 0 Å². The fourth-order valence-electron chi connectivity index (χ4n) is 3.33. The molecule has 0 spiro atoms. The van der Waals surface area contributed by atoms with Gasteiger partial charge in [-0.3, -0.25) is 4.90 Å². The van der Waals surface area contributed by atoms with Gasteiger partial charge in [0, 0.05) is 51.8 Å². The van der Waals surface area contributed by atoms with E-state index in [4.69, 9.17) is 9.47 Å². The molecule has 0 aliphatic carbocycles. The number of ether oxygens (including phenoxy) is 2. The monoisotopic (exact) mass is 374 g/mol. The minimum absolute atomic E-state index is 0.278. The summed E-state index contributed by atoms with van der Waals surface area (Å²) < 4.78 is 12.8. The van der Waals surface area contributed by atoms with Gasteiger partial charge in [-0.25, -0.2) is 0 Å². The fourth-order valence-corrected chi connectivity index (χ4v) is 3.33. The highest BCUT2D eigenvalue weighted by atomic mass is 16.5. The maximum atomic E-state index is 10.3. The highest BCUT2D eigenvalue weighted by molar-refractivity contribution is 5.29. The maximum absolute atomic E-state index is 10.3. The van der Waals surface area contributed by atoms with E-state index in [9.17, 15) is 5.11 Å². The molecule has 1 heterocycles. The number of nitrogens with zero attached hydrogens (tertiary/aromatic N) is 2. The van der Waals surface area contributed by atoms with Gasteiger partial charge in [-0.1, -0.05) is 25.5 Å². The predicted octanol–water partition coefficient (Wildman–Crippen LogP) is 3.54. The number of methoxy groups -OCH3 is 2. The van der Waals surface area contributed by atoms with E-state index in [1.807, 2.05) is 12.1 Å². The van der Waals surface area contributed by atoms with Crippen molar-refractivity contribution in [2.24, 2.45) is 0 Å². The molecule has 5 nitrogen and oxygen atoms in total. The van der Waals surface area contributed by atoms with Crippen molar-refractivity contribution >= 4 is 0 Å². The second-order valence-electron chi connectivity index (χ2n) is 7.00. The van der Waals surface area contributed by atoms with Crippen molar-refractivity contribution in [3.8, 4) is 5.75 Å². The third-order valence-corrected chi connectivity index (χ3v) is 4.71. The van der Waals surface area contributed by atoms with Gasteiger partial charge in [0.25, 0.3) is 0 Å². The van der Waals surface area contributed by atoms with Crippen LogP contribution in [-0.2, 0) is 17.8 Å². The van der Waals surface area contributed by atoms with Crippen LogP contribution in [0.4, 0.5) is 0 Å². The van der Waals surface area contributed by atoms with Crippen molar-refractivity contribution in [1.29, 1.82) is 0 Å². The lowest BCUT2D eigenvalue weighted by Crippen LogP contribution is -2.34. The number of hydrogen-bond acceptors (Lipinski definition) is 4. The van der Waals surface area contributed by atoms with Crippen molar-refractivity contribution in [3.05, 3.63) is 53.9 Å². The van der Waals surface area contributed by atoms with E-state index in [1.54, 1.807) is 14.2 Å². The molecule has 27 heavy (non-hydrogen) atoms. The van der Waals surface area contributed by atoms with Gasteiger partial charge in [-0.05, 0) is 42.7 Å². The van der Waals surface area contributed by atoms with Crippen LogP contribution in [0.15, 0.2) is 42.6 Å². The van der Waals surface area contributed by atoms with Crippen LogP contribution in [0.2, 0.25) is 0 Å². The first-order valence-electron chi connectivity index (χ1n) is 9.82. The number of benzene rings is 1. The van der Waals surface area contributed by atoms with Crippen LogP contribution in [0.1, 0.15) is 37.4 Å². The number of hydrogen-bond donors (Lipinski definition) is 1. The van der Waals surface area contributed by atoms with E-state index in [-0.39, 0.29) is 6.10 Å². The molecule has 1 N–H and O–H groups in total. The predicted molar refractivity (Wildman–Crippen MR) is 109 cm³/mol. The van der Waals surface area contributed by atoms with Crippen LogP contribution in [0.5, 0.6) is 5.75 Å². The Kier molecular flexibility index (Phi) is 9.39. The molecule has 0 amide bonds. The molecule has 0 fully saturated rings. The van der Waals surface area contributed by atoms with E-state index >= 15 is 0 Å². The van der Waals surface area contributed by atoms with Gasteiger partial charge in [0.15, 0.2) is 0 Å². The molecule has 150 valence electrons. The minimum Gasteiger partial charge on any atom is -0.497 e. The Hall–Kier alpha value is -1.82. The van der Waals surface area contributed by atoms with Gasteiger partial charge in [0.2, 0.25) is 0 Å². The molecule has 0 aliphatic rings. The normalized spacial score (nSPS) is 12.5. The summed E-state index contributed by atoms with van der Waals surface area (Å²) in [6.45, 7) is 6.09. The summed E-state index contributed by atoms with van der Waals surface area (Å²) in [5.74, 6) is 0.880. The summed E-state index contributed by atoms with van der Waals surface area (Å²) in [5.41, 5.74) is 2.46. The number of aliphatic hydroxyl groups excluding tert-OH is 1. The molecule has 0 aliphatic heterocycles. The smallest absolute Gasteiger partial charge is 0.119 e. The molecule has 1 aromatic carbocycles. The van der Waals surface area contributed by atoms with Crippen molar-refractivity contribution in [1.82, 2.24) is 9.47 Å². The van der Waals surface area contributed by atoms with Gasteiger partial charge in [-0.2, -0.15) is 0 Å². The third-order valence-electron chi connectivity index (χ3n) is 4.71. The zero-order chi connectivity index (χ0) is 19.5. The van der Waals surface area contributed by atoms with Crippen LogP contribution in [0.25, 0.3) is 0 Å². The highest BCUT2D eigenvalue weighted by Crippen LogP contribution is 2.16. The molecule has 0 bridgehead atoms. The number of rotatable bonds is 13. The van der Waals surface area contributed by atoms with Crippen LogP contribution < -0.4 is 4.74 Å². The quantitative estimate of drug-likeness (QED) is 0.545. The summed E-state index contributed by atoms with van der Waals surface area (Å²) in [5, 5.41) is 10.3. The van der Waals surface area contributed by atoms with E-state index < -0.39 is 0 Å². The molecular weight excluding hydrogens is 340 g/mol. The molecule has 0 radical (unpaired) electrons. The zero-order valence-corrected chi connectivity index (χ0v) is 16.9. The van der Waals surface area contributed by atoms with Gasteiger partial charge in [0.1, 0.15) is 5.75 Å². The highest BCUT2D eigenvalue weighted by Gasteiger charge is 2.14. The molecule has 0 saturated heterocycles. The molecular formula is C22H34N2O3. The van der Waals surface area contributed by atoms with Crippen LogP contribution >= 0.6 is 0 Å². The van der Waals surface area contributed by atoms with Gasteiger partial charge in [-0.15, -0.1) is 0 Å². The Morgan fingerprint density at radius 3 is 2.78 bits per heavy atom. The lowest BCUT2D eigenvalue weighted by Gasteiger charge is -2.25. The standard InChI is InChI=1S/C22H34N2O3/c1-4-8-21(25)18-23(12-7-14-26-2)17-20-10-6-13-24(20)16-19-9-5-11-22(15-19)27-3/h5-6,9-11,13,15,21,25H,4,7-8,12,14,16-18H2,1-3H3/t21-/m1/s1. The van der Waals surface area contributed by atoms with E-state index in [0.29, 0.717) is 6.54 Å². The molecule has 5 heteroatoms. The molecule has 1 aromatic heterocycles. The summed E-state index contributed by atoms with van der Waals surface area (Å²) in [6.07, 6.45) is 4.64. The van der Waals surface area contributed by atoms with Gasteiger partial charge < -0.3 is 19.1 Å². The van der Waals surface area contributed by atoms with Gasteiger partial charge in [0.05, 0.1) is 13.2 Å². The first-order valence-corrected chi connectivity index (χ1v) is 9.82. The summed E-state index contributed by atoms with van der Waals surface area (Å²) in [6, 6.07) is 12.4. The Morgan fingerprint density at radius 1 is 1.19 bits per heavy atom. The third kappa shape index (κ3) is 7.37. The summed E-state index contributed by atoms with van der Waals surface area (Å²) in [7, 11) is 3.43. The summed E-state index contributed by atoms with van der Waals surface area (Å²) in [4.78, 5) is 2.33. The lowest BCUT2D eigenvalue weighted by molar-refractivity contribution is 0.0918. The van der Waals surface area contributed by atoms with Crippen molar-refractivity contribution in [2.75, 3.05) is 33.9 Å². The van der Waals surface area contributed by atoms with E-state index in [1.165, 1.54) is 11.3 Å². The SMILES string of the molecule is CCC[C@@H](O)CN(CCCOC)Cc1cccn1Cc1cccc(OC)c1. The Labute approximate surface area is 163 Å². The van der Waals surface area contributed by atoms with Crippen LogP contribution in [-0.4, -0.2) is 54.6 Å². The minimum atomic E-state index is -0.278. The number of aliphatic hydroxyl groups is 1. The maximum Gasteiger partial charge on any atom is 0.119 e. The first-order chi connectivity index (χ1) is 13.2. The first kappa shape index (κ1) is 21.5. The van der Waals surface area contributed by atoms with Crippen molar-refractivity contribution < 1.29 is 14.6 Å². The van der Waals surface area contributed by atoms with Crippen molar-refractivity contribution in [2.45, 2.75) is 45.4 Å². The Bertz CT molecular complexity index is 657. The molecule has 2 rings (SSSR count).